The van der Waals surface area contributed by atoms with E-state index in [0.29, 0.717) is 6.61 Å². The molecule has 0 saturated heterocycles. The van der Waals surface area contributed by atoms with Crippen LogP contribution < -0.4 is 0 Å². The highest BCUT2D eigenvalue weighted by Crippen LogP contribution is 2.22. The summed E-state index contributed by atoms with van der Waals surface area (Å²) < 4.78 is 20.9. The van der Waals surface area contributed by atoms with Gasteiger partial charge in [-0.2, -0.15) is 5.10 Å². The van der Waals surface area contributed by atoms with Crippen LogP contribution in [-0.4, -0.2) is 42.8 Å². The minimum absolute atomic E-state index is 0.0409. The Morgan fingerprint density at radius 1 is 1.29 bits per heavy atom. The van der Waals surface area contributed by atoms with E-state index in [9.17, 15) is 4.39 Å². The minimum atomic E-state index is -1.05. The quantitative estimate of drug-likeness (QED) is 0.590. The molecule has 0 saturated carbocycles. The van der Waals surface area contributed by atoms with Crippen LogP contribution in [0.4, 0.5) is 4.39 Å². The molecule has 0 fully saturated rings. The zero-order valence-corrected chi connectivity index (χ0v) is 15.7. The fraction of sp³-hybridized carbons (Fsp3) is 0.444. The van der Waals surface area contributed by atoms with Crippen molar-refractivity contribution in [2.45, 2.75) is 31.7 Å². The monoisotopic (exact) mass is 345 g/mol. The Morgan fingerprint density at radius 3 is 2.83 bits per heavy atom. The van der Waals surface area contributed by atoms with Crippen molar-refractivity contribution in [1.29, 1.82) is 0 Å². The molecule has 1 aromatic heterocycles. The maximum atomic E-state index is 13.4. The molecule has 1 aliphatic heterocycles. The predicted molar refractivity (Wildman–Crippen MR) is 99.1 cm³/mol. The Labute approximate surface area is 143 Å². The molecule has 128 valence electrons. The van der Waals surface area contributed by atoms with E-state index in [1.54, 1.807) is 10.7 Å². The van der Waals surface area contributed by atoms with Gasteiger partial charge in [-0.05, 0) is 30.3 Å². The third-order valence-electron chi connectivity index (χ3n) is 4.12. The number of rotatable bonds is 6. The predicted octanol–water partition coefficient (Wildman–Crippen LogP) is 3.79. The number of hydrogen-bond donors (Lipinski definition) is 0. The van der Waals surface area contributed by atoms with Gasteiger partial charge in [0.05, 0.1) is 23.9 Å². The van der Waals surface area contributed by atoms with Gasteiger partial charge < -0.3 is 4.74 Å². The van der Waals surface area contributed by atoms with Gasteiger partial charge in [-0.25, -0.2) is 4.39 Å². The van der Waals surface area contributed by atoms with Gasteiger partial charge in [0.25, 0.3) is 0 Å². The van der Waals surface area contributed by atoms with Crippen LogP contribution in [0.2, 0.25) is 25.7 Å². The highest BCUT2D eigenvalue weighted by Gasteiger charge is 2.19. The molecule has 0 spiro atoms. The van der Waals surface area contributed by atoms with Crippen LogP contribution in [0.3, 0.4) is 0 Å². The molecule has 2 heterocycles. The molecule has 0 radical (unpaired) electrons. The number of benzene rings is 1. The maximum absolute atomic E-state index is 13.4. The van der Waals surface area contributed by atoms with E-state index in [2.05, 4.69) is 24.7 Å². The molecule has 3 rings (SSSR count). The number of allylic oxidation sites excluding steroid dienone is 1. The van der Waals surface area contributed by atoms with Gasteiger partial charge in [0, 0.05) is 27.1 Å². The number of hydrogen-bond acceptors (Lipinski definition) is 3. The van der Waals surface area contributed by atoms with Crippen molar-refractivity contribution in [2.24, 2.45) is 12.0 Å². The molecular weight excluding hydrogens is 321 g/mol. The number of aromatic nitrogens is 2. The lowest BCUT2D eigenvalue weighted by molar-refractivity contribution is 0.143. The second kappa shape index (κ2) is 6.61. The first-order valence-electron chi connectivity index (χ1n) is 8.30. The number of fused-ring (bicyclic) bond motifs is 1. The molecule has 0 amide bonds. The summed E-state index contributed by atoms with van der Waals surface area (Å²) in [5, 5.41) is 5.43. The summed E-state index contributed by atoms with van der Waals surface area (Å²) in [5.74, 6) is -0.255. The van der Waals surface area contributed by atoms with Crippen molar-refractivity contribution in [1.82, 2.24) is 9.78 Å². The molecule has 1 aliphatic rings. The van der Waals surface area contributed by atoms with Crippen LogP contribution in [0, 0.1) is 5.82 Å². The molecule has 1 unspecified atom stereocenters. The second-order valence-corrected chi connectivity index (χ2v) is 13.1. The van der Waals surface area contributed by atoms with Gasteiger partial charge in [-0.1, -0.05) is 25.7 Å². The Balaban J connectivity index is 1.70. The van der Waals surface area contributed by atoms with Gasteiger partial charge >= 0.3 is 0 Å². The number of aryl methyl sites for hydroxylation is 1. The van der Waals surface area contributed by atoms with E-state index in [0.717, 1.165) is 35.0 Å². The molecule has 1 aromatic carbocycles. The first-order chi connectivity index (χ1) is 11.3. The van der Waals surface area contributed by atoms with Gasteiger partial charge in [-0.3, -0.25) is 9.67 Å². The SMILES string of the molecule is Cn1nc(C2=NC(COCC[Si](C)(C)C)C=C2)c2ccc(F)cc21. The Hall–Kier alpha value is -1.79. The van der Waals surface area contributed by atoms with Crippen LogP contribution in [0.25, 0.3) is 10.9 Å². The van der Waals surface area contributed by atoms with E-state index in [1.165, 1.54) is 12.1 Å². The van der Waals surface area contributed by atoms with Gasteiger partial charge in [0.15, 0.2) is 0 Å². The minimum Gasteiger partial charge on any atom is -0.379 e. The lowest BCUT2D eigenvalue weighted by Crippen LogP contribution is -2.22. The standard InChI is InChI=1S/C18H24FN3OSi/c1-22-17-11-13(19)5-7-15(17)18(21-22)16-8-6-14(20-16)12-23-9-10-24(2,3)4/h5-8,11,14H,9-10,12H2,1-4H3. The third-order valence-corrected chi connectivity index (χ3v) is 5.83. The van der Waals surface area contributed by atoms with Gasteiger partial charge in [-0.15, -0.1) is 0 Å². The molecule has 1 atom stereocenters. The van der Waals surface area contributed by atoms with Crippen molar-refractivity contribution in [3.05, 3.63) is 41.9 Å². The first kappa shape index (κ1) is 17.0. The summed E-state index contributed by atoms with van der Waals surface area (Å²) in [4.78, 5) is 4.70. The molecule has 2 aromatic rings. The number of nitrogens with zero attached hydrogens (tertiary/aromatic N) is 3. The molecule has 6 heteroatoms. The van der Waals surface area contributed by atoms with Crippen molar-refractivity contribution < 1.29 is 9.13 Å². The number of halogens is 1. The Kier molecular flexibility index (Phi) is 4.69. The maximum Gasteiger partial charge on any atom is 0.125 e. The van der Waals surface area contributed by atoms with E-state index in [4.69, 9.17) is 9.73 Å². The van der Waals surface area contributed by atoms with Crippen molar-refractivity contribution >= 4 is 24.7 Å². The topological polar surface area (TPSA) is 39.4 Å². The zero-order valence-electron chi connectivity index (χ0n) is 14.7. The Morgan fingerprint density at radius 2 is 2.08 bits per heavy atom. The van der Waals surface area contributed by atoms with Crippen LogP contribution in [0.15, 0.2) is 35.3 Å². The van der Waals surface area contributed by atoms with Crippen LogP contribution in [-0.2, 0) is 11.8 Å². The van der Waals surface area contributed by atoms with Crippen molar-refractivity contribution in [2.75, 3.05) is 13.2 Å². The Bertz CT molecular complexity index is 804. The fourth-order valence-electron chi connectivity index (χ4n) is 2.70. The largest absolute Gasteiger partial charge is 0.379 e. The van der Waals surface area contributed by atoms with Crippen LogP contribution in [0.1, 0.15) is 5.69 Å². The molecule has 24 heavy (non-hydrogen) atoms. The van der Waals surface area contributed by atoms with Crippen LogP contribution >= 0.6 is 0 Å². The summed E-state index contributed by atoms with van der Waals surface area (Å²) in [7, 11) is 0.766. The zero-order chi connectivity index (χ0) is 17.3. The summed E-state index contributed by atoms with van der Waals surface area (Å²) in [6, 6.07) is 5.93. The fourth-order valence-corrected chi connectivity index (χ4v) is 3.46. The van der Waals surface area contributed by atoms with E-state index in [-0.39, 0.29) is 11.9 Å². The van der Waals surface area contributed by atoms with Crippen molar-refractivity contribution in [3.8, 4) is 0 Å². The van der Waals surface area contributed by atoms with Gasteiger partial charge in [0.1, 0.15) is 11.5 Å². The molecular formula is C18H24FN3OSi. The molecule has 0 aliphatic carbocycles. The number of ether oxygens (including phenoxy) is 1. The van der Waals surface area contributed by atoms with E-state index in [1.807, 2.05) is 19.2 Å². The summed E-state index contributed by atoms with van der Waals surface area (Å²) in [6.07, 6.45) is 4.03. The van der Waals surface area contributed by atoms with Gasteiger partial charge in [0.2, 0.25) is 0 Å². The van der Waals surface area contributed by atoms with E-state index < -0.39 is 8.07 Å². The third kappa shape index (κ3) is 3.81. The average Bonchev–Trinajstić information content (AvgIpc) is 3.08. The molecule has 0 bridgehead atoms. The molecule has 4 nitrogen and oxygen atoms in total. The highest BCUT2D eigenvalue weighted by molar-refractivity contribution is 6.76. The normalized spacial score (nSPS) is 17.7. The smallest absolute Gasteiger partial charge is 0.125 e. The molecule has 0 N–H and O–H groups in total. The summed E-state index contributed by atoms with van der Waals surface area (Å²) >= 11 is 0. The number of aliphatic imine (C=N–C) groups is 1. The lowest BCUT2D eigenvalue weighted by atomic mass is 10.1. The summed E-state index contributed by atoms with van der Waals surface area (Å²) in [6.45, 7) is 8.44. The van der Waals surface area contributed by atoms with Crippen molar-refractivity contribution in [3.63, 3.8) is 0 Å². The summed E-state index contributed by atoms with van der Waals surface area (Å²) in [5.41, 5.74) is 2.41. The average molecular weight is 345 g/mol. The first-order valence-corrected chi connectivity index (χ1v) is 12.0. The highest BCUT2D eigenvalue weighted by atomic mass is 28.3. The second-order valence-electron chi connectivity index (χ2n) is 7.46. The van der Waals surface area contributed by atoms with E-state index >= 15 is 0 Å². The lowest BCUT2D eigenvalue weighted by Gasteiger charge is -2.15. The van der Waals surface area contributed by atoms with Crippen LogP contribution in [0.5, 0.6) is 0 Å².